The largest absolute Gasteiger partial charge is 0.317 e. The molecule has 30 heavy (non-hydrogen) atoms. The SMILES string of the molecule is N#CC1(CCCNCCCc2ccccc2)c2cc(Cl)ccc2-c2ccc(Cl)cc21. The highest BCUT2D eigenvalue weighted by Crippen LogP contribution is 2.52. The minimum absolute atomic E-state index is 0.659. The Labute approximate surface area is 188 Å². The van der Waals surface area contributed by atoms with Crippen molar-refractivity contribution < 1.29 is 0 Å². The van der Waals surface area contributed by atoms with Crippen LogP contribution < -0.4 is 5.32 Å². The number of hydrogen-bond donors (Lipinski definition) is 1. The zero-order chi connectivity index (χ0) is 21.0. The number of nitrogens with one attached hydrogen (secondary N) is 1. The van der Waals surface area contributed by atoms with Crippen molar-refractivity contribution in [2.45, 2.75) is 31.1 Å². The van der Waals surface area contributed by atoms with E-state index in [1.54, 1.807) is 0 Å². The molecular weight excluding hydrogens is 411 g/mol. The smallest absolute Gasteiger partial charge is 0.108 e. The molecule has 0 aromatic heterocycles. The normalized spacial score (nSPS) is 13.5. The van der Waals surface area contributed by atoms with Gasteiger partial charge in [0.15, 0.2) is 0 Å². The summed E-state index contributed by atoms with van der Waals surface area (Å²) in [5, 5.41) is 15.1. The topological polar surface area (TPSA) is 35.8 Å². The fourth-order valence-corrected chi connectivity index (χ4v) is 4.81. The Morgan fingerprint density at radius 1 is 0.800 bits per heavy atom. The first-order valence-electron chi connectivity index (χ1n) is 10.4. The van der Waals surface area contributed by atoms with Gasteiger partial charge in [0.05, 0.1) is 6.07 Å². The van der Waals surface area contributed by atoms with E-state index in [1.807, 2.05) is 42.5 Å². The Morgan fingerprint density at radius 2 is 1.40 bits per heavy atom. The predicted octanol–water partition coefficient (Wildman–Crippen LogP) is 6.79. The van der Waals surface area contributed by atoms with E-state index in [0.717, 1.165) is 61.0 Å². The quantitative estimate of drug-likeness (QED) is 0.396. The van der Waals surface area contributed by atoms with Gasteiger partial charge in [0.2, 0.25) is 0 Å². The lowest BCUT2D eigenvalue weighted by atomic mass is 9.76. The Bertz CT molecular complexity index is 1020. The van der Waals surface area contributed by atoms with E-state index < -0.39 is 5.41 Å². The lowest BCUT2D eigenvalue weighted by molar-refractivity contribution is 0.535. The van der Waals surface area contributed by atoms with Gasteiger partial charge in [-0.15, -0.1) is 0 Å². The average Bonchev–Trinajstić information content (AvgIpc) is 3.02. The lowest BCUT2D eigenvalue weighted by Crippen LogP contribution is -2.26. The highest BCUT2D eigenvalue weighted by molar-refractivity contribution is 6.31. The number of fused-ring (bicyclic) bond motifs is 3. The second-order valence-corrected chi connectivity index (χ2v) is 8.71. The second-order valence-electron chi connectivity index (χ2n) is 7.84. The van der Waals surface area contributed by atoms with E-state index in [0.29, 0.717) is 10.0 Å². The molecule has 152 valence electrons. The predicted molar refractivity (Wildman–Crippen MR) is 125 cm³/mol. The zero-order valence-corrected chi connectivity index (χ0v) is 18.3. The van der Waals surface area contributed by atoms with Gasteiger partial charge in [0, 0.05) is 10.0 Å². The summed E-state index contributed by atoms with van der Waals surface area (Å²) in [4.78, 5) is 0. The Balaban J connectivity index is 1.42. The maximum absolute atomic E-state index is 10.3. The molecule has 3 aromatic rings. The molecule has 0 spiro atoms. The third kappa shape index (κ3) is 4.12. The molecule has 0 unspecified atom stereocenters. The second kappa shape index (κ2) is 9.23. The first-order chi connectivity index (χ1) is 14.6. The van der Waals surface area contributed by atoms with Gasteiger partial charge < -0.3 is 5.32 Å². The number of aryl methyl sites for hydroxylation is 1. The summed E-state index contributed by atoms with van der Waals surface area (Å²) in [6.07, 6.45) is 3.81. The molecule has 1 aliphatic carbocycles. The van der Waals surface area contributed by atoms with Crippen LogP contribution in [0.4, 0.5) is 0 Å². The molecule has 1 aliphatic rings. The first kappa shape index (κ1) is 20.9. The van der Waals surface area contributed by atoms with Crippen molar-refractivity contribution in [1.82, 2.24) is 5.32 Å². The highest BCUT2D eigenvalue weighted by atomic mass is 35.5. The Kier molecular flexibility index (Phi) is 6.44. The molecule has 0 radical (unpaired) electrons. The van der Waals surface area contributed by atoms with E-state index in [-0.39, 0.29) is 0 Å². The van der Waals surface area contributed by atoms with Gasteiger partial charge in [0.1, 0.15) is 5.41 Å². The van der Waals surface area contributed by atoms with Crippen molar-refractivity contribution in [2.75, 3.05) is 13.1 Å². The Morgan fingerprint density at radius 3 is 2.00 bits per heavy atom. The van der Waals surface area contributed by atoms with Crippen LogP contribution in [0.1, 0.15) is 36.0 Å². The van der Waals surface area contributed by atoms with Crippen molar-refractivity contribution in [3.8, 4) is 17.2 Å². The molecule has 1 N–H and O–H groups in total. The van der Waals surface area contributed by atoms with E-state index >= 15 is 0 Å². The molecule has 0 heterocycles. The molecule has 2 nitrogen and oxygen atoms in total. The Hall–Kier alpha value is -2.31. The molecule has 0 amide bonds. The minimum atomic E-state index is -0.702. The van der Waals surface area contributed by atoms with Gasteiger partial charge in [0.25, 0.3) is 0 Å². The summed E-state index contributed by atoms with van der Waals surface area (Å²) in [7, 11) is 0. The van der Waals surface area contributed by atoms with Crippen molar-refractivity contribution >= 4 is 23.2 Å². The van der Waals surface area contributed by atoms with Crippen LogP contribution in [0.3, 0.4) is 0 Å². The maximum Gasteiger partial charge on any atom is 0.108 e. The van der Waals surface area contributed by atoms with Gasteiger partial charge >= 0.3 is 0 Å². The van der Waals surface area contributed by atoms with Gasteiger partial charge in [-0.2, -0.15) is 5.26 Å². The van der Waals surface area contributed by atoms with Gasteiger partial charge in [-0.1, -0.05) is 65.7 Å². The zero-order valence-electron chi connectivity index (χ0n) is 16.8. The fourth-order valence-electron chi connectivity index (χ4n) is 4.47. The summed E-state index contributed by atoms with van der Waals surface area (Å²) in [6, 6.07) is 24.9. The average molecular weight is 435 g/mol. The molecular formula is C26H24Cl2N2. The van der Waals surface area contributed by atoms with Gasteiger partial charge in [-0.3, -0.25) is 0 Å². The van der Waals surface area contributed by atoms with Crippen LogP contribution in [0.25, 0.3) is 11.1 Å². The van der Waals surface area contributed by atoms with Crippen LogP contribution in [-0.2, 0) is 11.8 Å². The molecule has 4 rings (SSSR count). The molecule has 0 aliphatic heterocycles. The molecule has 0 atom stereocenters. The summed E-state index contributed by atoms with van der Waals surface area (Å²) >= 11 is 12.6. The van der Waals surface area contributed by atoms with Gasteiger partial charge in [-0.25, -0.2) is 0 Å². The van der Waals surface area contributed by atoms with Crippen molar-refractivity contribution in [2.24, 2.45) is 0 Å². The highest BCUT2D eigenvalue weighted by Gasteiger charge is 2.43. The number of rotatable bonds is 8. The third-order valence-electron chi connectivity index (χ3n) is 5.93. The first-order valence-corrected chi connectivity index (χ1v) is 11.2. The van der Waals surface area contributed by atoms with Crippen molar-refractivity contribution in [3.63, 3.8) is 0 Å². The maximum atomic E-state index is 10.3. The van der Waals surface area contributed by atoms with Crippen molar-refractivity contribution in [3.05, 3.63) is 93.5 Å². The number of halogens is 2. The molecule has 4 heteroatoms. The number of nitrogens with zero attached hydrogens (tertiary/aromatic N) is 1. The van der Waals surface area contributed by atoms with E-state index in [1.165, 1.54) is 5.56 Å². The minimum Gasteiger partial charge on any atom is -0.317 e. The van der Waals surface area contributed by atoms with Crippen LogP contribution in [0.2, 0.25) is 10.0 Å². The van der Waals surface area contributed by atoms with Crippen LogP contribution in [0, 0.1) is 11.3 Å². The number of nitriles is 1. The van der Waals surface area contributed by atoms with E-state index in [2.05, 4.69) is 35.7 Å². The standard InChI is InChI=1S/C26H24Cl2N2/c27-20-9-11-22-23-12-10-21(28)17-25(23)26(18-29,24(22)16-20)13-5-15-30-14-4-8-19-6-2-1-3-7-19/h1-3,6-7,9-12,16-17,30H,4-5,8,13-15H2. The van der Waals surface area contributed by atoms with E-state index in [9.17, 15) is 5.26 Å². The molecule has 0 saturated carbocycles. The van der Waals surface area contributed by atoms with Crippen LogP contribution in [0.15, 0.2) is 66.7 Å². The van der Waals surface area contributed by atoms with Crippen molar-refractivity contribution in [1.29, 1.82) is 5.26 Å². The summed E-state index contributed by atoms with van der Waals surface area (Å²) in [5.41, 5.74) is 4.84. The lowest BCUT2D eigenvalue weighted by Gasteiger charge is -2.24. The summed E-state index contributed by atoms with van der Waals surface area (Å²) in [5.74, 6) is 0. The van der Waals surface area contributed by atoms with E-state index in [4.69, 9.17) is 23.2 Å². The summed E-state index contributed by atoms with van der Waals surface area (Å²) in [6.45, 7) is 1.85. The van der Waals surface area contributed by atoms with Gasteiger partial charge in [-0.05, 0) is 90.9 Å². The monoisotopic (exact) mass is 434 g/mol. The van der Waals surface area contributed by atoms with Crippen LogP contribution in [0.5, 0.6) is 0 Å². The molecule has 0 saturated heterocycles. The summed E-state index contributed by atoms with van der Waals surface area (Å²) < 4.78 is 0. The van der Waals surface area contributed by atoms with Crippen LogP contribution in [-0.4, -0.2) is 13.1 Å². The van der Waals surface area contributed by atoms with Crippen LogP contribution >= 0.6 is 23.2 Å². The molecule has 0 fully saturated rings. The molecule has 3 aromatic carbocycles. The number of benzene rings is 3. The third-order valence-corrected chi connectivity index (χ3v) is 6.40. The molecule has 0 bridgehead atoms. The fraction of sp³-hybridized carbons (Fsp3) is 0.269. The number of hydrogen-bond acceptors (Lipinski definition) is 2.